The van der Waals surface area contributed by atoms with Crippen LogP contribution in [-0.4, -0.2) is 18.1 Å². The number of esters is 1. The molecule has 1 aromatic carbocycles. The second-order valence-electron chi connectivity index (χ2n) is 3.87. The van der Waals surface area contributed by atoms with Crippen molar-refractivity contribution in [1.82, 2.24) is 4.98 Å². The van der Waals surface area contributed by atoms with Gasteiger partial charge in [-0.1, -0.05) is 29.5 Å². The summed E-state index contributed by atoms with van der Waals surface area (Å²) in [6, 6.07) is 7.58. The highest BCUT2D eigenvalue weighted by Crippen LogP contribution is 2.37. The predicted octanol–water partition coefficient (Wildman–Crippen LogP) is 2.93. The lowest BCUT2D eigenvalue weighted by Gasteiger charge is -1.98. The van der Waals surface area contributed by atoms with E-state index in [9.17, 15) is 4.79 Å². The maximum Gasteiger partial charge on any atom is 0.358 e. The molecular formula is C13H10N2O3S. The molecule has 3 aromatic rings. The second-order valence-corrected chi connectivity index (χ2v) is 4.90. The molecule has 0 amide bonds. The number of benzene rings is 1. The summed E-state index contributed by atoms with van der Waals surface area (Å²) in [5, 5.41) is 1.23. The minimum Gasteiger partial charge on any atom is -0.464 e. The third-order valence-electron chi connectivity index (χ3n) is 2.75. The molecule has 5 nitrogen and oxygen atoms in total. The zero-order valence-electron chi connectivity index (χ0n) is 10.0. The van der Waals surface area contributed by atoms with Gasteiger partial charge in [-0.2, -0.15) is 0 Å². The summed E-state index contributed by atoms with van der Waals surface area (Å²) < 4.78 is 10.2. The van der Waals surface area contributed by atoms with Crippen molar-refractivity contribution in [2.45, 2.75) is 0 Å². The normalized spacial score (nSPS) is 10.8. The van der Waals surface area contributed by atoms with Gasteiger partial charge < -0.3 is 14.9 Å². The zero-order valence-corrected chi connectivity index (χ0v) is 10.9. The number of furan rings is 1. The molecule has 2 heterocycles. The van der Waals surface area contributed by atoms with E-state index in [0.29, 0.717) is 10.0 Å². The molecule has 2 aromatic heterocycles. The molecule has 0 aliphatic heterocycles. The number of hydrogen-bond acceptors (Lipinski definition) is 6. The van der Waals surface area contributed by atoms with Crippen LogP contribution in [0.15, 0.2) is 34.9 Å². The fraction of sp³-hybridized carbons (Fsp3) is 0.0769. The molecule has 6 heteroatoms. The van der Waals surface area contributed by atoms with E-state index in [1.165, 1.54) is 18.4 Å². The maximum absolute atomic E-state index is 11.7. The Balaban J connectivity index is 2.24. The van der Waals surface area contributed by atoms with E-state index in [1.54, 1.807) is 6.26 Å². The van der Waals surface area contributed by atoms with Crippen LogP contribution in [0.1, 0.15) is 10.5 Å². The molecule has 0 fully saturated rings. The third-order valence-corrected chi connectivity index (χ3v) is 3.67. The standard InChI is InChI=1S/C13H10N2O3S/c1-17-12(16)10-11(19-13(14)15-10)8-6-18-9-5-3-2-4-7(8)9/h2-6H,1H3,(H2,14,15). The van der Waals surface area contributed by atoms with Crippen molar-refractivity contribution in [1.29, 1.82) is 0 Å². The van der Waals surface area contributed by atoms with Crippen molar-refractivity contribution in [3.63, 3.8) is 0 Å². The average Bonchev–Trinajstić information content (AvgIpc) is 3.01. The predicted molar refractivity (Wildman–Crippen MR) is 73.1 cm³/mol. The number of para-hydroxylation sites is 1. The number of fused-ring (bicyclic) bond motifs is 1. The first-order valence-corrected chi connectivity index (χ1v) is 6.33. The van der Waals surface area contributed by atoms with Crippen LogP contribution >= 0.6 is 11.3 Å². The molecule has 96 valence electrons. The Bertz CT molecular complexity index is 760. The molecule has 0 bridgehead atoms. The number of anilines is 1. The highest BCUT2D eigenvalue weighted by molar-refractivity contribution is 7.19. The van der Waals surface area contributed by atoms with E-state index in [-0.39, 0.29) is 5.69 Å². The summed E-state index contributed by atoms with van der Waals surface area (Å²) in [5.74, 6) is -0.506. The Kier molecular flexibility index (Phi) is 2.72. The maximum atomic E-state index is 11.7. The van der Waals surface area contributed by atoms with Crippen LogP contribution in [0.2, 0.25) is 0 Å². The van der Waals surface area contributed by atoms with Crippen LogP contribution in [0.4, 0.5) is 5.13 Å². The summed E-state index contributed by atoms with van der Waals surface area (Å²) >= 11 is 1.24. The van der Waals surface area contributed by atoms with Gasteiger partial charge in [-0.05, 0) is 6.07 Å². The van der Waals surface area contributed by atoms with Crippen molar-refractivity contribution in [3.05, 3.63) is 36.2 Å². The molecule has 0 spiro atoms. The first-order chi connectivity index (χ1) is 9.20. The summed E-state index contributed by atoms with van der Waals surface area (Å²) in [4.78, 5) is 16.4. The van der Waals surface area contributed by atoms with Gasteiger partial charge in [-0.3, -0.25) is 0 Å². The number of nitrogens with zero attached hydrogens (tertiary/aromatic N) is 1. The number of hydrogen-bond donors (Lipinski definition) is 1. The number of carbonyl (C=O) groups excluding carboxylic acids is 1. The van der Waals surface area contributed by atoms with Crippen LogP contribution in [0, 0.1) is 0 Å². The molecule has 3 rings (SSSR count). The fourth-order valence-electron chi connectivity index (χ4n) is 1.91. The minimum absolute atomic E-state index is 0.219. The van der Waals surface area contributed by atoms with E-state index in [1.807, 2.05) is 24.3 Å². The van der Waals surface area contributed by atoms with Gasteiger partial charge in [0.2, 0.25) is 0 Å². The Morgan fingerprint density at radius 3 is 3.00 bits per heavy atom. The molecule has 0 radical (unpaired) electrons. The Morgan fingerprint density at radius 2 is 2.21 bits per heavy atom. The number of aromatic nitrogens is 1. The van der Waals surface area contributed by atoms with Crippen LogP contribution < -0.4 is 5.73 Å². The molecule has 0 aliphatic carbocycles. The van der Waals surface area contributed by atoms with Crippen molar-refractivity contribution >= 4 is 33.4 Å². The highest BCUT2D eigenvalue weighted by Gasteiger charge is 2.21. The fourth-order valence-corrected chi connectivity index (χ4v) is 2.75. The van der Waals surface area contributed by atoms with Gasteiger partial charge in [0.05, 0.1) is 12.0 Å². The van der Waals surface area contributed by atoms with Crippen molar-refractivity contribution in [2.24, 2.45) is 0 Å². The Labute approximate surface area is 112 Å². The van der Waals surface area contributed by atoms with Crippen LogP contribution in [0.3, 0.4) is 0 Å². The smallest absolute Gasteiger partial charge is 0.358 e. The average molecular weight is 274 g/mol. The first-order valence-electron chi connectivity index (χ1n) is 5.52. The van der Waals surface area contributed by atoms with E-state index in [2.05, 4.69) is 4.98 Å². The van der Waals surface area contributed by atoms with E-state index in [0.717, 1.165) is 16.5 Å². The van der Waals surface area contributed by atoms with Crippen LogP contribution in [-0.2, 0) is 4.74 Å². The van der Waals surface area contributed by atoms with Gasteiger partial charge in [-0.25, -0.2) is 9.78 Å². The molecular weight excluding hydrogens is 264 g/mol. The molecule has 2 N–H and O–H groups in total. The summed E-state index contributed by atoms with van der Waals surface area (Å²) in [5.41, 5.74) is 7.46. The van der Waals surface area contributed by atoms with Crippen molar-refractivity contribution in [2.75, 3.05) is 12.8 Å². The summed E-state index contributed by atoms with van der Waals surface area (Å²) in [6.45, 7) is 0. The third kappa shape index (κ3) is 1.86. The lowest BCUT2D eigenvalue weighted by atomic mass is 10.1. The number of thiazole rings is 1. The Hall–Kier alpha value is -2.34. The molecule has 0 atom stereocenters. The molecule has 0 unspecified atom stereocenters. The van der Waals surface area contributed by atoms with Crippen LogP contribution in [0.25, 0.3) is 21.4 Å². The number of nitrogens with two attached hydrogens (primary N) is 1. The number of nitrogen functional groups attached to an aromatic ring is 1. The molecule has 19 heavy (non-hydrogen) atoms. The van der Waals surface area contributed by atoms with Gasteiger partial charge in [0, 0.05) is 10.9 Å². The molecule has 0 saturated carbocycles. The number of ether oxygens (including phenoxy) is 1. The first kappa shape index (κ1) is 11.7. The van der Waals surface area contributed by atoms with Gasteiger partial charge >= 0.3 is 5.97 Å². The van der Waals surface area contributed by atoms with E-state index in [4.69, 9.17) is 14.9 Å². The van der Waals surface area contributed by atoms with Crippen LogP contribution in [0.5, 0.6) is 0 Å². The highest BCUT2D eigenvalue weighted by atomic mass is 32.1. The van der Waals surface area contributed by atoms with Crippen molar-refractivity contribution in [3.8, 4) is 10.4 Å². The van der Waals surface area contributed by atoms with E-state index < -0.39 is 5.97 Å². The zero-order chi connectivity index (χ0) is 13.4. The molecule has 0 aliphatic rings. The quantitative estimate of drug-likeness (QED) is 0.727. The minimum atomic E-state index is -0.506. The van der Waals surface area contributed by atoms with Gasteiger partial charge in [-0.15, -0.1) is 0 Å². The summed E-state index contributed by atoms with van der Waals surface area (Å²) in [7, 11) is 1.31. The van der Waals surface area contributed by atoms with Gasteiger partial charge in [0.1, 0.15) is 11.8 Å². The number of methoxy groups -OCH3 is 1. The number of carbonyl (C=O) groups is 1. The Morgan fingerprint density at radius 1 is 1.42 bits per heavy atom. The van der Waals surface area contributed by atoms with Gasteiger partial charge in [0.25, 0.3) is 0 Å². The topological polar surface area (TPSA) is 78.3 Å². The summed E-state index contributed by atoms with van der Waals surface area (Å²) in [6.07, 6.45) is 1.60. The lowest BCUT2D eigenvalue weighted by Crippen LogP contribution is -2.03. The largest absolute Gasteiger partial charge is 0.464 e. The van der Waals surface area contributed by atoms with Gasteiger partial charge in [0.15, 0.2) is 10.8 Å². The number of rotatable bonds is 2. The SMILES string of the molecule is COC(=O)c1nc(N)sc1-c1coc2ccccc12. The monoisotopic (exact) mass is 274 g/mol. The molecule has 0 saturated heterocycles. The van der Waals surface area contributed by atoms with E-state index >= 15 is 0 Å². The van der Waals surface area contributed by atoms with Crippen molar-refractivity contribution < 1.29 is 13.9 Å². The lowest BCUT2D eigenvalue weighted by molar-refractivity contribution is 0.0596. The second kappa shape index (κ2) is 4.40.